The van der Waals surface area contributed by atoms with Crippen molar-refractivity contribution in [2.24, 2.45) is 5.92 Å². The maximum absolute atomic E-state index is 13.2. The maximum Gasteiger partial charge on any atom is 0.227 e. The molecule has 5 heteroatoms. The predicted octanol–water partition coefficient (Wildman–Crippen LogP) is 1.94. The molecule has 1 saturated heterocycles. The second kappa shape index (κ2) is 5.79. The van der Waals surface area contributed by atoms with Crippen LogP contribution in [0.15, 0.2) is 18.2 Å². The molecule has 1 unspecified atom stereocenters. The number of nitrogens with one attached hydrogen (secondary N) is 1. The summed E-state index contributed by atoms with van der Waals surface area (Å²) in [6.45, 7) is 3.03. The van der Waals surface area contributed by atoms with E-state index >= 15 is 0 Å². The van der Waals surface area contributed by atoms with Crippen LogP contribution in [0.3, 0.4) is 0 Å². The number of halogens is 1. The molecule has 0 aromatic heterocycles. The van der Waals surface area contributed by atoms with Crippen molar-refractivity contribution in [3.8, 4) is 5.75 Å². The van der Waals surface area contributed by atoms with Crippen molar-refractivity contribution in [3.05, 3.63) is 24.0 Å². The molecule has 1 aromatic carbocycles. The molecular formula is C15H19FN2O2. The molecule has 0 bridgehead atoms. The van der Waals surface area contributed by atoms with Gasteiger partial charge in [0, 0.05) is 12.5 Å². The third-order valence-electron chi connectivity index (χ3n) is 4.01. The van der Waals surface area contributed by atoms with Gasteiger partial charge < -0.3 is 15.0 Å². The number of carbonyl (C=O) groups is 1. The van der Waals surface area contributed by atoms with E-state index in [0.29, 0.717) is 36.9 Å². The highest BCUT2D eigenvalue weighted by Crippen LogP contribution is 2.32. The van der Waals surface area contributed by atoms with Gasteiger partial charge in [0.25, 0.3) is 0 Å². The summed E-state index contributed by atoms with van der Waals surface area (Å²) in [6, 6.07) is 4.34. The average Bonchev–Trinajstić information content (AvgIpc) is 2.97. The molecule has 0 saturated carbocycles. The molecule has 2 aliphatic rings. The largest absolute Gasteiger partial charge is 0.489 e. The molecule has 4 nitrogen and oxygen atoms in total. The Morgan fingerprint density at radius 1 is 1.50 bits per heavy atom. The van der Waals surface area contributed by atoms with Gasteiger partial charge in [0.05, 0.1) is 12.2 Å². The molecule has 3 rings (SSSR count). The Kier molecular flexibility index (Phi) is 3.87. The highest BCUT2D eigenvalue weighted by atomic mass is 19.1. The Hall–Kier alpha value is -1.62. The third kappa shape index (κ3) is 2.77. The topological polar surface area (TPSA) is 41.6 Å². The zero-order valence-corrected chi connectivity index (χ0v) is 11.4. The number of benzene rings is 1. The molecule has 1 atom stereocenters. The summed E-state index contributed by atoms with van der Waals surface area (Å²) in [5.41, 5.74) is 0.687. The van der Waals surface area contributed by atoms with Crippen LogP contribution >= 0.6 is 0 Å². The van der Waals surface area contributed by atoms with E-state index in [0.717, 1.165) is 25.9 Å². The standard InChI is InChI=1S/C15H19FN2O2/c16-12-2-3-13-14(9-12)20-8-7-18(13)15(19)4-1-11-5-6-17-10-11/h2-3,9,11,17H,1,4-8,10H2. The van der Waals surface area contributed by atoms with Gasteiger partial charge >= 0.3 is 0 Å². The van der Waals surface area contributed by atoms with Gasteiger partial charge in [0.1, 0.15) is 18.2 Å². The van der Waals surface area contributed by atoms with Crippen molar-refractivity contribution in [1.82, 2.24) is 5.32 Å². The summed E-state index contributed by atoms with van der Waals surface area (Å²) in [7, 11) is 0. The van der Waals surface area contributed by atoms with Crippen molar-refractivity contribution in [2.45, 2.75) is 19.3 Å². The summed E-state index contributed by atoms with van der Waals surface area (Å²) < 4.78 is 18.6. The highest BCUT2D eigenvalue weighted by Gasteiger charge is 2.25. The molecule has 0 spiro atoms. The number of hydrogen-bond donors (Lipinski definition) is 1. The third-order valence-corrected chi connectivity index (χ3v) is 4.01. The summed E-state index contributed by atoms with van der Waals surface area (Å²) >= 11 is 0. The lowest BCUT2D eigenvalue weighted by Crippen LogP contribution is -2.38. The maximum atomic E-state index is 13.2. The molecule has 1 fully saturated rings. The van der Waals surface area contributed by atoms with Gasteiger partial charge in [-0.15, -0.1) is 0 Å². The lowest BCUT2D eigenvalue weighted by Gasteiger charge is -2.29. The fourth-order valence-electron chi connectivity index (χ4n) is 2.88. The van der Waals surface area contributed by atoms with E-state index in [-0.39, 0.29) is 11.7 Å². The molecule has 2 aliphatic heterocycles. The minimum atomic E-state index is -0.338. The van der Waals surface area contributed by atoms with Crippen LogP contribution in [0.25, 0.3) is 0 Å². The number of hydrogen-bond acceptors (Lipinski definition) is 3. The van der Waals surface area contributed by atoms with Crippen LogP contribution in [0.1, 0.15) is 19.3 Å². The summed E-state index contributed by atoms with van der Waals surface area (Å²) in [5, 5.41) is 3.31. The van der Waals surface area contributed by atoms with Crippen LogP contribution in [-0.2, 0) is 4.79 Å². The summed E-state index contributed by atoms with van der Waals surface area (Å²) in [5.74, 6) is 0.836. The molecule has 1 N–H and O–H groups in total. The van der Waals surface area contributed by atoms with Crippen molar-refractivity contribution in [2.75, 3.05) is 31.1 Å². The van der Waals surface area contributed by atoms with E-state index in [2.05, 4.69) is 5.32 Å². The van der Waals surface area contributed by atoms with E-state index in [1.54, 1.807) is 11.0 Å². The molecule has 1 aromatic rings. The van der Waals surface area contributed by atoms with Crippen LogP contribution in [0.2, 0.25) is 0 Å². The first-order valence-electron chi connectivity index (χ1n) is 7.17. The lowest BCUT2D eigenvalue weighted by atomic mass is 10.0. The molecule has 20 heavy (non-hydrogen) atoms. The highest BCUT2D eigenvalue weighted by molar-refractivity contribution is 5.95. The van der Waals surface area contributed by atoms with Crippen LogP contribution in [0, 0.1) is 11.7 Å². The van der Waals surface area contributed by atoms with Crippen LogP contribution in [0.4, 0.5) is 10.1 Å². The Morgan fingerprint density at radius 3 is 3.20 bits per heavy atom. The zero-order chi connectivity index (χ0) is 13.9. The number of amides is 1. The van der Waals surface area contributed by atoms with Gasteiger partial charge in [-0.1, -0.05) is 0 Å². The van der Waals surface area contributed by atoms with Gasteiger partial charge in [0.15, 0.2) is 0 Å². The number of rotatable bonds is 3. The molecule has 108 valence electrons. The molecular weight excluding hydrogens is 259 g/mol. The van der Waals surface area contributed by atoms with Crippen molar-refractivity contribution < 1.29 is 13.9 Å². The van der Waals surface area contributed by atoms with E-state index in [1.165, 1.54) is 12.1 Å². The fraction of sp³-hybridized carbons (Fsp3) is 0.533. The number of nitrogens with zero attached hydrogens (tertiary/aromatic N) is 1. The van der Waals surface area contributed by atoms with E-state index in [4.69, 9.17) is 4.74 Å². The van der Waals surface area contributed by atoms with Gasteiger partial charge in [-0.2, -0.15) is 0 Å². The zero-order valence-electron chi connectivity index (χ0n) is 11.4. The van der Waals surface area contributed by atoms with Crippen LogP contribution in [0.5, 0.6) is 5.75 Å². The average molecular weight is 278 g/mol. The minimum absolute atomic E-state index is 0.105. The molecule has 0 aliphatic carbocycles. The Balaban J connectivity index is 1.66. The van der Waals surface area contributed by atoms with Crippen molar-refractivity contribution >= 4 is 11.6 Å². The molecule has 1 amide bonds. The van der Waals surface area contributed by atoms with Crippen LogP contribution < -0.4 is 15.0 Å². The van der Waals surface area contributed by atoms with Crippen molar-refractivity contribution in [3.63, 3.8) is 0 Å². The first-order valence-corrected chi connectivity index (χ1v) is 7.17. The second-order valence-electron chi connectivity index (χ2n) is 5.40. The van der Waals surface area contributed by atoms with Gasteiger partial charge in [-0.05, 0) is 44.0 Å². The molecule has 0 radical (unpaired) electrons. The number of anilines is 1. The molecule has 2 heterocycles. The van der Waals surface area contributed by atoms with E-state index in [1.807, 2.05) is 0 Å². The number of ether oxygens (including phenoxy) is 1. The quantitative estimate of drug-likeness (QED) is 0.918. The van der Waals surface area contributed by atoms with Crippen LogP contribution in [-0.4, -0.2) is 32.1 Å². The van der Waals surface area contributed by atoms with Gasteiger partial charge in [0.2, 0.25) is 5.91 Å². The van der Waals surface area contributed by atoms with E-state index in [9.17, 15) is 9.18 Å². The first-order chi connectivity index (χ1) is 9.74. The fourth-order valence-corrected chi connectivity index (χ4v) is 2.88. The summed E-state index contributed by atoms with van der Waals surface area (Å²) in [4.78, 5) is 14.1. The van der Waals surface area contributed by atoms with Gasteiger partial charge in [-0.25, -0.2) is 4.39 Å². The van der Waals surface area contributed by atoms with Crippen molar-refractivity contribution in [1.29, 1.82) is 0 Å². The first kappa shape index (κ1) is 13.4. The summed E-state index contributed by atoms with van der Waals surface area (Å²) in [6.07, 6.45) is 2.61. The Labute approximate surface area is 117 Å². The second-order valence-corrected chi connectivity index (χ2v) is 5.40. The predicted molar refractivity (Wildman–Crippen MR) is 74.5 cm³/mol. The monoisotopic (exact) mass is 278 g/mol. The lowest BCUT2D eigenvalue weighted by molar-refractivity contribution is -0.119. The Morgan fingerprint density at radius 2 is 2.40 bits per heavy atom. The minimum Gasteiger partial charge on any atom is -0.489 e. The normalized spacial score (nSPS) is 21.4. The number of carbonyl (C=O) groups excluding carboxylic acids is 1. The van der Waals surface area contributed by atoms with Gasteiger partial charge in [-0.3, -0.25) is 4.79 Å². The Bertz CT molecular complexity index is 501. The van der Waals surface area contributed by atoms with E-state index < -0.39 is 0 Å². The smallest absolute Gasteiger partial charge is 0.227 e. The SMILES string of the molecule is O=C(CCC1CCNC1)N1CCOc2cc(F)ccc21. The number of fused-ring (bicyclic) bond motifs is 1.